The number of amides is 4. The molecule has 2 rings (SSSR count). The third-order valence-corrected chi connectivity index (χ3v) is 3.76. The first-order chi connectivity index (χ1) is 11.0. The summed E-state index contributed by atoms with van der Waals surface area (Å²) < 4.78 is 0. The van der Waals surface area contributed by atoms with E-state index in [1.807, 2.05) is 0 Å². The van der Waals surface area contributed by atoms with Crippen molar-refractivity contribution in [3.8, 4) is 0 Å². The number of carbonyl (C=O) groups is 4. The van der Waals surface area contributed by atoms with Crippen LogP contribution in [0.15, 0.2) is 18.2 Å². The summed E-state index contributed by atoms with van der Waals surface area (Å²) in [6.45, 7) is -0.476. The first-order valence-electron chi connectivity index (χ1n) is 7.07. The lowest BCUT2D eigenvalue weighted by atomic mass is 9.99. The number of aryl methyl sites for hydroxylation is 1. The van der Waals surface area contributed by atoms with E-state index in [0.29, 0.717) is 29.7 Å². The summed E-state index contributed by atoms with van der Waals surface area (Å²) in [5.74, 6) is -1.19. The molecule has 0 fully saturated rings. The van der Waals surface area contributed by atoms with Crippen molar-refractivity contribution < 1.29 is 24.3 Å². The summed E-state index contributed by atoms with van der Waals surface area (Å²) in [5.41, 5.74) is 2.21. The Bertz CT molecular complexity index is 659. The Morgan fingerprint density at radius 3 is 2.74 bits per heavy atom. The predicted molar refractivity (Wildman–Crippen MR) is 81.4 cm³/mol. The maximum absolute atomic E-state index is 12.4. The Labute approximate surface area is 132 Å². The molecular weight excluding hydrogens is 302 g/mol. The number of benzene rings is 1. The first-order valence-corrected chi connectivity index (χ1v) is 7.07. The summed E-state index contributed by atoms with van der Waals surface area (Å²) in [4.78, 5) is 45.9. The highest BCUT2D eigenvalue weighted by Gasteiger charge is 2.34. The van der Waals surface area contributed by atoms with Gasteiger partial charge in [-0.3, -0.25) is 4.79 Å². The Morgan fingerprint density at radius 1 is 1.39 bits per heavy atom. The maximum atomic E-state index is 12.4. The van der Waals surface area contributed by atoms with E-state index in [1.54, 1.807) is 18.2 Å². The molecule has 23 heavy (non-hydrogen) atoms. The molecule has 1 aliphatic rings. The van der Waals surface area contributed by atoms with Crippen molar-refractivity contribution in [3.05, 3.63) is 29.3 Å². The third kappa shape index (κ3) is 3.47. The molecule has 1 aromatic carbocycles. The quantitative estimate of drug-likeness (QED) is 0.721. The lowest BCUT2D eigenvalue weighted by Crippen LogP contribution is -2.39. The van der Waals surface area contributed by atoms with Gasteiger partial charge in [0.25, 0.3) is 0 Å². The van der Waals surface area contributed by atoms with Gasteiger partial charge in [0.15, 0.2) is 0 Å². The van der Waals surface area contributed by atoms with Crippen molar-refractivity contribution in [2.45, 2.75) is 18.8 Å². The predicted octanol–water partition coefficient (Wildman–Crippen LogP) is 1.17. The minimum absolute atomic E-state index is 0.349. The number of hydrogen-bond acceptors (Lipinski definition) is 4. The molecule has 0 aliphatic heterocycles. The molecule has 8 heteroatoms. The fraction of sp³-hybridized carbons (Fsp3) is 0.333. The van der Waals surface area contributed by atoms with E-state index < -0.39 is 24.5 Å². The Hall–Kier alpha value is -2.90. The molecule has 0 saturated carbocycles. The second-order valence-corrected chi connectivity index (χ2v) is 5.11. The van der Waals surface area contributed by atoms with E-state index in [0.717, 1.165) is 11.1 Å². The molecule has 3 N–H and O–H groups in total. The average molecular weight is 319 g/mol. The van der Waals surface area contributed by atoms with Gasteiger partial charge < -0.3 is 20.5 Å². The molecule has 4 amide bonds. The SMILES string of the molecule is CNC(=O)Nc1ccc2c(c1)CCC2C(=O)N(CC=O)C(=O)O. The number of hydrogen-bond donors (Lipinski definition) is 3. The van der Waals surface area contributed by atoms with Crippen LogP contribution in [0.1, 0.15) is 23.5 Å². The largest absolute Gasteiger partial charge is 0.465 e. The third-order valence-electron chi connectivity index (χ3n) is 3.76. The summed E-state index contributed by atoms with van der Waals surface area (Å²) in [5, 5.41) is 14.1. The second-order valence-electron chi connectivity index (χ2n) is 5.11. The molecule has 0 radical (unpaired) electrons. The van der Waals surface area contributed by atoms with Gasteiger partial charge in [-0.1, -0.05) is 6.07 Å². The summed E-state index contributed by atoms with van der Waals surface area (Å²) in [6, 6.07) is 4.78. The van der Waals surface area contributed by atoms with Gasteiger partial charge in [-0.2, -0.15) is 0 Å². The highest BCUT2D eigenvalue weighted by molar-refractivity contribution is 5.97. The highest BCUT2D eigenvalue weighted by Crippen LogP contribution is 2.36. The van der Waals surface area contributed by atoms with Crippen molar-refractivity contribution in [1.29, 1.82) is 0 Å². The van der Waals surface area contributed by atoms with E-state index in [1.165, 1.54) is 7.05 Å². The van der Waals surface area contributed by atoms with Crippen LogP contribution in [0.25, 0.3) is 0 Å². The van der Waals surface area contributed by atoms with Crippen LogP contribution < -0.4 is 10.6 Å². The zero-order chi connectivity index (χ0) is 17.0. The number of nitrogens with zero attached hydrogens (tertiary/aromatic N) is 1. The number of rotatable bonds is 4. The molecule has 1 aliphatic carbocycles. The van der Waals surface area contributed by atoms with E-state index in [9.17, 15) is 19.2 Å². The van der Waals surface area contributed by atoms with Crippen LogP contribution in [0, 0.1) is 0 Å². The fourth-order valence-electron chi connectivity index (χ4n) is 2.67. The smallest absolute Gasteiger partial charge is 0.414 e. The van der Waals surface area contributed by atoms with Gasteiger partial charge in [-0.05, 0) is 36.1 Å². The van der Waals surface area contributed by atoms with Crippen LogP contribution in [0.4, 0.5) is 15.3 Å². The standard InChI is InChI=1S/C15H17N3O5/c1-16-14(21)17-10-3-5-11-9(8-10)2-4-12(11)13(20)18(6-7-19)15(22)23/h3,5,7-8,12H,2,4,6H2,1H3,(H,22,23)(H2,16,17,21). The number of nitrogens with one attached hydrogen (secondary N) is 2. The van der Waals surface area contributed by atoms with Crippen LogP contribution >= 0.6 is 0 Å². The average Bonchev–Trinajstić information content (AvgIpc) is 2.94. The van der Waals surface area contributed by atoms with Crippen LogP contribution in [-0.4, -0.2) is 47.9 Å². The highest BCUT2D eigenvalue weighted by atomic mass is 16.4. The molecule has 122 valence electrons. The second kappa shape index (κ2) is 6.91. The lowest BCUT2D eigenvalue weighted by molar-refractivity contribution is -0.132. The molecule has 1 aromatic rings. The van der Waals surface area contributed by atoms with Gasteiger partial charge >= 0.3 is 12.1 Å². The van der Waals surface area contributed by atoms with Crippen LogP contribution in [0.5, 0.6) is 0 Å². The van der Waals surface area contributed by atoms with Crippen molar-refractivity contribution >= 4 is 30.0 Å². The monoisotopic (exact) mass is 319 g/mol. The number of aldehydes is 1. The number of carboxylic acid groups (broad SMARTS) is 1. The fourth-order valence-corrected chi connectivity index (χ4v) is 2.67. The number of fused-ring (bicyclic) bond motifs is 1. The normalized spacial score (nSPS) is 15.4. The minimum atomic E-state index is -1.44. The molecule has 0 heterocycles. The Balaban J connectivity index is 2.21. The number of imide groups is 1. The number of anilines is 1. The topological polar surface area (TPSA) is 116 Å². The Kier molecular flexibility index (Phi) is 4.95. The summed E-state index contributed by atoms with van der Waals surface area (Å²) in [6.07, 6.45) is 0.0237. The van der Waals surface area contributed by atoms with Crippen molar-refractivity contribution in [2.24, 2.45) is 0 Å². The van der Waals surface area contributed by atoms with Crippen molar-refractivity contribution in [2.75, 3.05) is 18.9 Å². The zero-order valence-electron chi connectivity index (χ0n) is 12.5. The lowest BCUT2D eigenvalue weighted by Gasteiger charge is -2.19. The van der Waals surface area contributed by atoms with Crippen molar-refractivity contribution in [1.82, 2.24) is 10.2 Å². The number of urea groups is 1. The molecule has 0 saturated heterocycles. The molecule has 0 spiro atoms. The van der Waals surface area contributed by atoms with Crippen LogP contribution in [0.2, 0.25) is 0 Å². The van der Waals surface area contributed by atoms with Gasteiger partial charge in [-0.25, -0.2) is 14.5 Å². The van der Waals surface area contributed by atoms with E-state index >= 15 is 0 Å². The number of carbonyl (C=O) groups excluding carboxylic acids is 3. The van der Waals surface area contributed by atoms with E-state index in [4.69, 9.17) is 5.11 Å². The molecule has 0 bridgehead atoms. The van der Waals surface area contributed by atoms with E-state index in [2.05, 4.69) is 10.6 Å². The zero-order valence-corrected chi connectivity index (χ0v) is 12.5. The van der Waals surface area contributed by atoms with Gasteiger partial charge in [-0.15, -0.1) is 0 Å². The van der Waals surface area contributed by atoms with Crippen LogP contribution in [0.3, 0.4) is 0 Å². The van der Waals surface area contributed by atoms with Gasteiger partial charge in [0.2, 0.25) is 5.91 Å². The summed E-state index contributed by atoms with van der Waals surface area (Å²) >= 11 is 0. The van der Waals surface area contributed by atoms with Crippen molar-refractivity contribution in [3.63, 3.8) is 0 Å². The van der Waals surface area contributed by atoms with Gasteiger partial charge in [0.05, 0.1) is 12.5 Å². The Morgan fingerprint density at radius 2 is 2.13 bits per heavy atom. The van der Waals surface area contributed by atoms with Crippen LogP contribution in [-0.2, 0) is 16.0 Å². The molecule has 0 aromatic heterocycles. The first kappa shape index (κ1) is 16.5. The molecule has 1 unspecified atom stereocenters. The van der Waals surface area contributed by atoms with E-state index in [-0.39, 0.29) is 6.03 Å². The van der Waals surface area contributed by atoms with Gasteiger partial charge in [0.1, 0.15) is 6.29 Å². The maximum Gasteiger partial charge on any atom is 0.414 e. The summed E-state index contributed by atoms with van der Waals surface area (Å²) in [7, 11) is 1.50. The van der Waals surface area contributed by atoms with Gasteiger partial charge in [0, 0.05) is 12.7 Å². The molecule has 1 atom stereocenters. The molecule has 8 nitrogen and oxygen atoms in total. The molecular formula is C15H17N3O5. The minimum Gasteiger partial charge on any atom is -0.465 e.